The molecule has 2 atom stereocenters. The molecule has 2 fully saturated rings. The van der Waals surface area contributed by atoms with E-state index in [0.717, 1.165) is 19.3 Å². The Labute approximate surface area is 98.2 Å². The lowest BCUT2D eigenvalue weighted by molar-refractivity contribution is -0.129. The molecule has 0 radical (unpaired) electrons. The molecule has 0 aliphatic heterocycles. The second-order valence-electron chi connectivity index (χ2n) is 6.06. The van der Waals surface area contributed by atoms with Crippen molar-refractivity contribution >= 4 is 5.91 Å². The SMILES string of the molecule is CC1(C)C(N)CC1NC(=O)C1CCCCC1. The number of rotatable bonds is 2. The van der Waals surface area contributed by atoms with E-state index in [9.17, 15) is 4.79 Å². The van der Waals surface area contributed by atoms with Gasteiger partial charge in [0.2, 0.25) is 5.91 Å². The van der Waals surface area contributed by atoms with Crippen molar-refractivity contribution in [3.63, 3.8) is 0 Å². The third kappa shape index (κ3) is 2.10. The Bertz CT molecular complexity index is 269. The van der Waals surface area contributed by atoms with Crippen LogP contribution in [-0.4, -0.2) is 18.0 Å². The molecule has 0 aromatic carbocycles. The van der Waals surface area contributed by atoms with Crippen LogP contribution in [0.2, 0.25) is 0 Å². The molecular formula is C13H24N2O. The predicted octanol–water partition coefficient (Wildman–Crippen LogP) is 1.81. The maximum absolute atomic E-state index is 12.0. The summed E-state index contributed by atoms with van der Waals surface area (Å²) in [4.78, 5) is 12.0. The smallest absolute Gasteiger partial charge is 0.223 e. The molecule has 0 spiro atoms. The number of nitrogens with one attached hydrogen (secondary N) is 1. The van der Waals surface area contributed by atoms with Crippen LogP contribution in [0.5, 0.6) is 0 Å². The normalized spacial score (nSPS) is 34.2. The zero-order valence-electron chi connectivity index (χ0n) is 10.5. The summed E-state index contributed by atoms with van der Waals surface area (Å²) in [6, 6.07) is 0.529. The monoisotopic (exact) mass is 224 g/mol. The average Bonchev–Trinajstić information content (AvgIpc) is 2.29. The maximum Gasteiger partial charge on any atom is 0.223 e. The number of hydrogen-bond acceptors (Lipinski definition) is 2. The Morgan fingerprint density at radius 2 is 1.88 bits per heavy atom. The quantitative estimate of drug-likeness (QED) is 0.751. The molecule has 2 saturated carbocycles. The minimum atomic E-state index is 0.0737. The minimum absolute atomic E-state index is 0.0737. The third-order valence-electron chi connectivity index (χ3n) is 4.64. The number of nitrogens with two attached hydrogens (primary N) is 1. The van der Waals surface area contributed by atoms with Gasteiger partial charge >= 0.3 is 0 Å². The van der Waals surface area contributed by atoms with Gasteiger partial charge in [-0.05, 0) is 19.3 Å². The van der Waals surface area contributed by atoms with Gasteiger partial charge in [-0.1, -0.05) is 33.1 Å². The van der Waals surface area contributed by atoms with Gasteiger partial charge in [0.05, 0.1) is 0 Å². The van der Waals surface area contributed by atoms with Gasteiger partial charge in [-0.3, -0.25) is 4.79 Å². The molecule has 0 aromatic heterocycles. The first-order chi connectivity index (χ1) is 7.51. The Morgan fingerprint density at radius 1 is 1.25 bits per heavy atom. The Balaban J connectivity index is 1.83. The molecule has 3 heteroatoms. The zero-order valence-corrected chi connectivity index (χ0v) is 10.5. The molecule has 2 unspecified atom stereocenters. The highest BCUT2D eigenvalue weighted by molar-refractivity contribution is 5.79. The van der Waals surface area contributed by atoms with Gasteiger partial charge in [-0.15, -0.1) is 0 Å². The van der Waals surface area contributed by atoms with Gasteiger partial charge in [0.15, 0.2) is 0 Å². The van der Waals surface area contributed by atoms with E-state index in [2.05, 4.69) is 19.2 Å². The van der Waals surface area contributed by atoms with Crippen LogP contribution >= 0.6 is 0 Å². The van der Waals surface area contributed by atoms with Gasteiger partial charge in [-0.2, -0.15) is 0 Å². The van der Waals surface area contributed by atoms with Crippen LogP contribution in [0.4, 0.5) is 0 Å². The fourth-order valence-corrected chi connectivity index (χ4v) is 2.86. The fraction of sp³-hybridized carbons (Fsp3) is 0.923. The van der Waals surface area contributed by atoms with Crippen LogP contribution in [0.1, 0.15) is 52.4 Å². The van der Waals surface area contributed by atoms with E-state index in [0.29, 0.717) is 0 Å². The maximum atomic E-state index is 12.0. The molecule has 2 aliphatic rings. The second-order valence-corrected chi connectivity index (χ2v) is 6.06. The Morgan fingerprint density at radius 3 is 2.38 bits per heavy atom. The standard InChI is InChI=1S/C13H24N2O/c1-13(2)10(14)8-11(13)15-12(16)9-6-4-3-5-7-9/h9-11H,3-8,14H2,1-2H3,(H,15,16). The van der Waals surface area contributed by atoms with Gasteiger partial charge in [-0.25, -0.2) is 0 Å². The van der Waals surface area contributed by atoms with E-state index < -0.39 is 0 Å². The molecule has 3 N–H and O–H groups in total. The lowest BCUT2D eigenvalue weighted by Crippen LogP contribution is -2.65. The largest absolute Gasteiger partial charge is 0.352 e. The third-order valence-corrected chi connectivity index (χ3v) is 4.64. The van der Waals surface area contributed by atoms with E-state index in [4.69, 9.17) is 5.73 Å². The van der Waals surface area contributed by atoms with Crippen molar-refractivity contribution in [2.75, 3.05) is 0 Å². The van der Waals surface area contributed by atoms with Crippen molar-refractivity contribution < 1.29 is 4.79 Å². The number of amides is 1. The second kappa shape index (κ2) is 4.36. The molecule has 2 aliphatic carbocycles. The van der Waals surface area contributed by atoms with Crippen LogP contribution in [-0.2, 0) is 4.79 Å². The highest BCUT2D eigenvalue weighted by atomic mass is 16.2. The molecule has 2 rings (SSSR count). The Kier molecular flexibility index (Phi) is 3.24. The van der Waals surface area contributed by atoms with E-state index in [1.54, 1.807) is 0 Å². The van der Waals surface area contributed by atoms with Crippen molar-refractivity contribution in [2.45, 2.75) is 64.5 Å². The van der Waals surface area contributed by atoms with Crippen molar-refractivity contribution in [1.82, 2.24) is 5.32 Å². The summed E-state index contributed by atoms with van der Waals surface area (Å²) >= 11 is 0. The van der Waals surface area contributed by atoms with E-state index >= 15 is 0 Å². The zero-order chi connectivity index (χ0) is 11.8. The van der Waals surface area contributed by atoms with Crippen molar-refractivity contribution in [3.05, 3.63) is 0 Å². The lowest BCUT2D eigenvalue weighted by atomic mass is 9.63. The highest BCUT2D eigenvalue weighted by Crippen LogP contribution is 2.39. The first kappa shape index (κ1) is 11.9. The molecule has 92 valence electrons. The van der Waals surface area contributed by atoms with Crippen LogP contribution in [0, 0.1) is 11.3 Å². The molecule has 3 nitrogen and oxygen atoms in total. The molecule has 0 heterocycles. The van der Waals surface area contributed by atoms with E-state index in [1.165, 1.54) is 19.3 Å². The summed E-state index contributed by atoms with van der Waals surface area (Å²) in [5.41, 5.74) is 6.02. The van der Waals surface area contributed by atoms with Gasteiger partial charge in [0.25, 0.3) is 0 Å². The molecule has 0 aromatic rings. The van der Waals surface area contributed by atoms with Crippen molar-refractivity contribution in [1.29, 1.82) is 0 Å². The van der Waals surface area contributed by atoms with Gasteiger partial charge in [0, 0.05) is 23.4 Å². The molecule has 16 heavy (non-hydrogen) atoms. The van der Waals surface area contributed by atoms with Crippen LogP contribution in [0.15, 0.2) is 0 Å². The first-order valence-corrected chi connectivity index (χ1v) is 6.58. The molecule has 0 saturated heterocycles. The molecular weight excluding hydrogens is 200 g/mol. The first-order valence-electron chi connectivity index (χ1n) is 6.58. The predicted molar refractivity (Wildman–Crippen MR) is 64.9 cm³/mol. The number of carbonyl (C=O) groups is 1. The average molecular weight is 224 g/mol. The number of hydrogen-bond donors (Lipinski definition) is 2. The topological polar surface area (TPSA) is 55.1 Å². The van der Waals surface area contributed by atoms with Crippen molar-refractivity contribution in [2.24, 2.45) is 17.1 Å². The minimum Gasteiger partial charge on any atom is -0.352 e. The lowest BCUT2D eigenvalue weighted by Gasteiger charge is -2.50. The Hall–Kier alpha value is -0.570. The summed E-state index contributed by atoms with van der Waals surface area (Å²) < 4.78 is 0. The van der Waals surface area contributed by atoms with Crippen LogP contribution in [0.3, 0.4) is 0 Å². The van der Waals surface area contributed by atoms with Gasteiger partial charge < -0.3 is 11.1 Å². The van der Waals surface area contributed by atoms with Crippen LogP contribution in [0.25, 0.3) is 0 Å². The van der Waals surface area contributed by atoms with Crippen molar-refractivity contribution in [3.8, 4) is 0 Å². The van der Waals surface area contributed by atoms with E-state index in [-0.39, 0.29) is 29.3 Å². The summed E-state index contributed by atoms with van der Waals surface area (Å²) in [6.45, 7) is 4.29. The van der Waals surface area contributed by atoms with Crippen LogP contribution < -0.4 is 11.1 Å². The summed E-state index contributed by atoms with van der Waals surface area (Å²) in [5.74, 6) is 0.533. The van der Waals surface area contributed by atoms with E-state index in [1.807, 2.05) is 0 Å². The molecule has 0 bridgehead atoms. The summed E-state index contributed by atoms with van der Waals surface area (Å²) in [6.07, 6.45) is 6.81. The summed E-state index contributed by atoms with van der Waals surface area (Å²) in [5, 5.41) is 3.19. The fourth-order valence-electron chi connectivity index (χ4n) is 2.86. The highest BCUT2D eigenvalue weighted by Gasteiger charge is 2.47. The molecule has 1 amide bonds. The number of carbonyl (C=O) groups excluding carboxylic acids is 1. The van der Waals surface area contributed by atoms with Gasteiger partial charge in [0.1, 0.15) is 0 Å². The summed E-state index contributed by atoms with van der Waals surface area (Å²) in [7, 11) is 0.